The Balaban J connectivity index is 1.60. The zero-order chi connectivity index (χ0) is 19.7. The van der Waals surface area contributed by atoms with Crippen LogP contribution in [-0.2, 0) is 25.7 Å². The van der Waals surface area contributed by atoms with Crippen molar-refractivity contribution in [1.82, 2.24) is 19.9 Å². The summed E-state index contributed by atoms with van der Waals surface area (Å²) in [6.07, 6.45) is -2.85. The number of aromatic nitrogens is 3. The molecule has 3 heterocycles. The van der Waals surface area contributed by atoms with Gasteiger partial charge in [0, 0.05) is 37.0 Å². The lowest BCUT2D eigenvalue weighted by molar-refractivity contribution is -0.141. The van der Waals surface area contributed by atoms with E-state index in [2.05, 4.69) is 19.9 Å². The third kappa shape index (κ3) is 3.82. The van der Waals surface area contributed by atoms with Crippen LogP contribution in [0, 0.1) is 0 Å². The highest BCUT2D eigenvalue weighted by Gasteiger charge is 2.32. The predicted octanol–water partition coefficient (Wildman–Crippen LogP) is 3.41. The molecule has 1 aliphatic heterocycles. The zero-order valence-electron chi connectivity index (χ0n) is 14.8. The Hall–Kier alpha value is -3.00. The van der Waals surface area contributed by atoms with Crippen LogP contribution in [0.4, 0.5) is 13.2 Å². The van der Waals surface area contributed by atoms with Gasteiger partial charge in [0.1, 0.15) is 11.5 Å². The van der Waals surface area contributed by atoms with Gasteiger partial charge in [-0.25, -0.2) is 4.98 Å². The summed E-state index contributed by atoms with van der Waals surface area (Å²) in [5.74, 6) is 0.228. The number of halogens is 3. The van der Waals surface area contributed by atoms with E-state index in [1.165, 1.54) is 11.6 Å². The topological polar surface area (TPSA) is 61.9 Å². The average Bonchev–Trinajstić information content (AvgIpc) is 2.68. The van der Waals surface area contributed by atoms with Crippen LogP contribution in [0.5, 0.6) is 0 Å². The molecule has 8 heteroatoms. The van der Waals surface area contributed by atoms with Gasteiger partial charge in [-0.2, -0.15) is 13.2 Å². The van der Waals surface area contributed by atoms with Crippen LogP contribution in [0.1, 0.15) is 22.5 Å². The van der Waals surface area contributed by atoms with Crippen molar-refractivity contribution in [3.63, 3.8) is 0 Å². The molecule has 2 aromatic heterocycles. The lowest BCUT2D eigenvalue weighted by Gasteiger charge is -2.27. The summed E-state index contributed by atoms with van der Waals surface area (Å²) in [4.78, 5) is 25.2. The van der Waals surface area contributed by atoms with Crippen molar-refractivity contribution in [1.29, 1.82) is 0 Å². The quantitative estimate of drug-likeness (QED) is 0.749. The maximum atomic E-state index is 12.7. The van der Waals surface area contributed by atoms with Crippen LogP contribution in [0.3, 0.4) is 0 Å². The van der Waals surface area contributed by atoms with Gasteiger partial charge in [0.05, 0.1) is 5.69 Å². The molecule has 0 bridgehead atoms. The SMILES string of the molecule is O=c1[nH]c(-c2ccc(C(F)(F)F)nc2)nc2c1CCN(Cc1ccccc1)C2. The lowest BCUT2D eigenvalue weighted by Crippen LogP contribution is -2.35. The molecule has 1 N–H and O–H groups in total. The molecule has 0 amide bonds. The Kier molecular flexibility index (Phi) is 4.72. The first-order chi connectivity index (χ1) is 13.4. The fourth-order valence-corrected chi connectivity index (χ4v) is 3.31. The van der Waals surface area contributed by atoms with Crippen LogP contribution >= 0.6 is 0 Å². The molecular formula is C20H17F3N4O. The molecule has 1 aromatic carbocycles. The number of nitrogens with zero attached hydrogens (tertiary/aromatic N) is 3. The fourth-order valence-electron chi connectivity index (χ4n) is 3.31. The molecule has 1 aliphatic rings. The molecule has 28 heavy (non-hydrogen) atoms. The number of alkyl halides is 3. The monoisotopic (exact) mass is 386 g/mol. The van der Waals surface area contributed by atoms with Gasteiger partial charge in [-0.3, -0.25) is 14.7 Å². The van der Waals surface area contributed by atoms with Crippen molar-refractivity contribution in [2.24, 2.45) is 0 Å². The molecule has 0 unspecified atom stereocenters. The van der Waals surface area contributed by atoms with Gasteiger partial charge in [-0.15, -0.1) is 0 Å². The molecule has 0 saturated carbocycles. The smallest absolute Gasteiger partial charge is 0.306 e. The molecule has 5 nitrogen and oxygen atoms in total. The molecule has 144 valence electrons. The third-order valence-corrected chi connectivity index (χ3v) is 4.73. The van der Waals surface area contributed by atoms with Crippen molar-refractivity contribution in [2.45, 2.75) is 25.7 Å². The van der Waals surface area contributed by atoms with Crippen LogP contribution in [0.15, 0.2) is 53.5 Å². The van der Waals surface area contributed by atoms with E-state index < -0.39 is 11.9 Å². The van der Waals surface area contributed by atoms with Crippen LogP contribution in [0.25, 0.3) is 11.4 Å². The Bertz CT molecular complexity index is 1030. The van der Waals surface area contributed by atoms with E-state index in [9.17, 15) is 18.0 Å². The Labute approximate surface area is 158 Å². The summed E-state index contributed by atoms with van der Waals surface area (Å²) in [5.41, 5.74) is 1.56. The van der Waals surface area contributed by atoms with Gasteiger partial charge in [0.25, 0.3) is 5.56 Å². The molecule has 0 radical (unpaired) electrons. The number of rotatable bonds is 3. The first kappa shape index (κ1) is 18.4. The summed E-state index contributed by atoms with van der Waals surface area (Å²) >= 11 is 0. The Morgan fingerprint density at radius 2 is 1.89 bits per heavy atom. The minimum atomic E-state index is -4.51. The fraction of sp³-hybridized carbons (Fsp3) is 0.250. The van der Waals surface area contributed by atoms with E-state index in [-0.39, 0.29) is 11.4 Å². The number of H-pyrrole nitrogens is 1. The average molecular weight is 386 g/mol. The molecule has 0 atom stereocenters. The first-order valence-electron chi connectivity index (χ1n) is 8.82. The number of hydrogen-bond donors (Lipinski definition) is 1. The minimum Gasteiger partial charge on any atom is -0.306 e. The second-order valence-electron chi connectivity index (χ2n) is 6.72. The van der Waals surface area contributed by atoms with Gasteiger partial charge in [0.2, 0.25) is 0 Å². The molecule has 3 aromatic rings. The van der Waals surface area contributed by atoms with Gasteiger partial charge in [-0.1, -0.05) is 30.3 Å². The predicted molar refractivity (Wildman–Crippen MR) is 97.4 cm³/mol. The summed E-state index contributed by atoms with van der Waals surface area (Å²) in [6, 6.07) is 12.2. The van der Waals surface area contributed by atoms with E-state index in [0.29, 0.717) is 29.8 Å². The number of nitrogens with one attached hydrogen (secondary N) is 1. The number of benzene rings is 1. The maximum absolute atomic E-state index is 12.7. The highest BCUT2D eigenvalue weighted by Crippen LogP contribution is 2.28. The van der Waals surface area contributed by atoms with Gasteiger partial charge < -0.3 is 4.98 Å². The lowest BCUT2D eigenvalue weighted by atomic mass is 10.1. The Morgan fingerprint density at radius 1 is 1.11 bits per heavy atom. The van der Waals surface area contributed by atoms with E-state index in [1.54, 1.807) is 0 Å². The molecule has 0 saturated heterocycles. The molecule has 0 spiro atoms. The molecule has 0 fully saturated rings. The van der Waals surface area contributed by atoms with Crippen molar-refractivity contribution in [2.75, 3.05) is 6.54 Å². The highest BCUT2D eigenvalue weighted by atomic mass is 19.4. The van der Waals surface area contributed by atoms with E-state index in [0.717, 1.165) is 25.4 Å². The van der Waals surface area contributed by atoms with E-state index in [4.69, 9.17) is 0 Å². The molecular weight excluding hydrogens is 369 g/mol. The standard InChI is InChI=1S/C20H17F3N4O/c21-20(22,23)17-7-6-14(10-24-17)18-25-16-12-27(9-8-15(16)19(28)26-18)11-13-4-2-1-3-5-13/h1-7,10H,8-9,11-12H2,(H,25,26,28). The third-order valence-electron chi connectivity index (χ3n) is 4.73. The van der Waals surface area contributed by atoms with E-state index in [1.807, 2.05) is 30.3 Å². The summed E-state index contributed by atoms with van der Waals surface area (Å²) in [5, 5.41) is 0. The van der Waals surface area contributed by atoms with Gasteiger partial charge >= 0.3 is 6.18 Å². The van der Waals surface area contributed by atoms with Crippen molar-refractivity contribution in [3.8, 4) is 11.4 Å². The number of fused-ring (bicyclic) bond motifs is 1. The molecule has 4 rings (SSSR count). The normalized spacial score (nSPS) is 14.7. The van der Waals surface area contributed by atoms with Crippen molar-refractivity contribution < 1.29 is 13.2 Å². The van der Waals surface area contributed by atoms with Crippen molar-refractivity contribution in [3.05, 3.63) is 81.5 Å². The maximum Gasteiger partial charge on any atom is 0.433 e. The zero-order valence-corrected chi connectivity index (χ0v) is 14.8. The van der Waals surface area contributed by atoms with Gasteiger partial charge in [-0.05, 0) is 24.1 Å². The second kappa shape index (κ2) is 7.20. The second-order valence-corrected chi connectivity index (χ2v) is 6.72. The number of aromatic amines is 1. The van der Waals surface area contributed by atoms with Crippen LogP contribution in [0.2, 0.25) is 0 Å². The highest BCUT2D eigenvalue weighted by molar-refractivity contribution is 5.54. The largest absolute Gasteiger partial charge is 0.433 e. The summed E-state index contributed by atoms with van der Waals surface area (Å²) in [6.45, 7) is 2.00. The Morgan fingerprint density at radius 3 is 2.57 bits per heavy atom. The number of pyridine rings is 1. The number of hydrogen-bond acceptors (Lipinski definition) is 4. The van der Waals surface area contributed by atoms with Crippen LogP contribution < -0.4 is 5.56 Å². The van der Waals surface area contributed by atoms with Crippen molar-refractivity contribution >= 4 is 0 Å². The molecule has 0 aliphatic carbocycles. The minimum absolute atomic E-state index is 0.228. The van der Waals surface area contributed by atoms with Crippen LogP contribution in [-0.4, -0.2) is 26.4 Å². The summed E-state index contributed by atoms with van der Waals surface area (Å²) < 4.78 is 38.1. The summed E-state index contributed by atoms with van der Waals surface area (Å²) in [7, 11) is 0. The van der Waals surface area contributed by atoms with E-state index >= 15 is 0 Å². The van der Waals surface area contributed by atoms with Gasteiger partial charge in [0.15, 0.2) is 0 Å². The first-order valence-corrected chi connectivity index (χ1v) is 8.82.